The number of aliphatic hydroxyl groups is 1. The minimum Gasteiger partial charge on any atom is -0.395 e. The number of rotatable bonds is 3. The first-order chi connectivity index (χ1) is 9.96. The van der Waals surface area contributed by atoms with E-state index >= 15 is 0 Å². The summed E-state index contributed by atoms with van der Waals surface area (Å²) in [6, 6.07) is 6.82. The number of nitrogens with zero attached hydrogens (tertiary/aromatic N) is 1. The van der Waals surface area contributed by atoms with Crippen molar-refractivity contribution in [2.75, 3.05) is 13.2 Å². The first-order valence-electron chi connectivity index (χ1n) is 7.17. The van der Waals surface area contributed by atoms with Gasteiger partial charge in [-0.1, -0.05) is 30.9 Å². The van der Waals surface area contributed by atoms with Crippen molar-refractivity contribution in [1.29, 1.82) is 0 Å². The first kappa shape index (κ1) is 16.0. The molecule has 2 atom stereocenters. The third-order valence-electron chi connectivity index (χ3n) is 3.66. The fourth-order valence-corrected chi connectivity index (χ4v) is 4.64. The molecule has 2 unspecified atom stereocenters. The van der Waals surface area contributed by atoms with Gasteiger partial charge in [0.15, 0.2) is 0 Å². The van der Waals surface area contributed by atoms with Gasteiger partial charge >= 0.3 is 0 Å². The number of aliphatic hydroxyl groups excluding tert-OH is 1. The van der Waals surface area contributed by atoms with Crippen LogP contribution in [0, 0.1) is 17.8 Å². The molecule has 0 aliphatic carbocycles. The van der Waals surface area contributed by atoms with Gasteiger partial charge in [-0.2, -0.15) is 4.31 Å². The van der Waals surface area contributed by atoms with Crippen LogP contribution in [0.3, 0.4) is 0 Å². The van der Waals surface area contributed by atoms with Gasteiger partial charge in [0.05, 0.1) is 11.5 Å². The van der Waals surface area contributed by atoms with Crippen molar-refractivity contribution in [3.63, 3.8) is 0 Å². The maximum Gasteiger partial charge on any atom is 0.244 e. The van der Waals surface area contributed by atoms with Crippen LogP contribution in [-0.4, -0.2) is 37.0 Å². The highest BCUT2D eigenvalue weighted by atomic mass is 32.2. The molecule has 0 spiro atoms. The summed E-state index contributed by atoms with van der Waals surface area (Å²) in [5.74, 6) is 6.02. The molecule has 4 nitrogen and oxygen atoms in total. The maximum absolute atomic E-state index is 12.9. The van der Waals surface area contributed by atoms with Crippen LogP contribution >= 0.6 is 0 Å². The van der Waals surface area contributed by atoms with Crippen molar-refractivity contribution in [2.45, 2.75) is 37.6 Å². The third kappa shape index (κ3) is 3.46. The molecule has 0 saturated carbocycles. The van der Waals surface area contributed by atoms with E-state index in [1.165, 1.54) is 0 Å². The van der Waals surface area contributed by atoms with Crippen molar-refractivity contribution >= 4 is 10.0 Å². The third-order valence-corrected chi connectivity index (χ3v) is 5.70. The number of hydrogen-bond donors (Lipinski definition) is 1. The first-order valence-corrected chi connectivity index (χ1v) is 8.61. The minimum absolute atomic E-state index is 0.0171. The number of benzene rings is 1. The zero-order valence-corrected chi connectivity index (χ0v) is 13.2. The highest BCUT2D eigenvalue weighted by Crippen LogP contribution is 2.30. The topological polar surface area (TPSA) is 57.6 Å². The molecule has 1 fully saturated rings. The summed E-state index contributed by atoms with van der Waals surface area (Å²) in [5, 5.41) is 8.78. The quantitative estimate of drug-likeness (QED) is 0.867. The van der Waals surface area contributed by atoms with Crippen LogP contribution in [0.4, 0.5) is 0 Å². The molecule has 0 bridgehead atoms. The molecule has 21 heavy (non-hydrogen) atoms. The molecule has 1 aliphatic rings. The molecule has 0 aromatic heterocycles. The van der Waals surface area contributed by atoms with Crippen LogP contribution in [0.25, 0.3) is 0 Å². The lowest BCUT2D eigenvalue weighted by Gasteiger charge is -2.21. The Morgan fingerprint density at radius 3 is 2.67 bits per heavy atom. The van der Waals surface area contributed by atoms with E-state index in [9.17, 15) is 8.42 Å². The zero-order chi connectivity index (χ0) is 15.5. The van der Waals surface area contributed by atoms with Gasteiger partial charge in [-0.25, -0.2) is 8.42 Å². The Morgan fingerprint density at radius 2 is 2.05 bits per heavy atom. The minimum atomic E-state index is -3.52. The van der Waals surface area contributed by atoms with E-state index in [0.717, 1.165) is 6.42 Å². The largest absolute Gasteiger partial charge is 0.395 e. The van der Waals surface area contributed by atoms with Gasteiger partial charge < -0.3 is 5.11 Å². The Kier molecular flexibility index (Phi) is 5.04. The van der Waals surface area contributed by atoms with E-state index in [-0.39, 0.29) is 17.5 Å². The highest BCUT2D eigenvalue weighted by molar-refractivity contribution is 7.89. The molecule has 2 rings (SSSR count). The van der Waals surface area contributed by atoms with E-state index in [1.54, 1.807) is 28.6 Å². The average molecular weight is 307 g/mol. The van der Waals surface area contributed by atoms with Gasteiger partial charge in [-0.15, -0.1) is 0 Å². The second kappa shape index (κ2) is 6.61. The van der Waals surface area contributed by atoms with Crippen molar-refractivity contribution in [3.05, 3.63) is 29.8 Å². The molecule has 114 valence electrons. The molecule has 1 saturated heterocycles. The Labute approximate surface area is 126 Å². The van der Waals surface area contributed by atoms with Gasteiger partial charge in [0, 0.05) is 24.6 Å². The summed E-state index contributed by atoms with van der Waals surface area (Å²) in [6.45, 7) is 4.55. The van der Waals surface area contributed by atoms with Gasteiger partial charge in [-0.05, 0) is 31.4 Å². The summed E-state index contributed by atoms with van der Waals surface area (Å²) < 4.78 is 27.3. The predicted octanol–water partition coefficient (Wildman–Crippen LogP) is 1.84. The molecule has 1 N–H and O–H groups in total. The molecule has 1 aromatic rings. The summed E-state index contributed by atoms with van der Waals surface area (Å²) in [7, 11) is -3.52. The lowest BCUT2D eigenvalue weighted by molar-refractivity contribution is 0.305. The second-order valence-electron chi connectivity index (χ2n) is 5.54. The van der Waals surface area contributed by atoms with Crippen molar-refractivity contribution in [3.8, 4) is 11.8 Å². The number of sulfonamides is 1. The van der Waals surface area contributed by atoms with Crippen LogP contribution in [0.1, 0.15) is 32.3 Å². The Bertz CT molecular complexity index is 658. The van der Waals surface area contributed by atoms with Crippen LogP contribution in [0.5, 0.6) is 0 Å². The zero-order valence-electron chi connectivity index (χ0n) is 12.4. The fourth-order valence-electron chi connectivity index (χ4n) is 2.73. The monoisotopic (exact) mass is 307 g/mol. The molecule has 5 heteroatoms. The van der Waals surface area contributed by atoms with Crippen LogP contribution < -0.4 is 0 Å². The Hall–Kier alpha value is -1.35. The summed E-state index contributed by atoms with van der Waals surface area (Å²) in [6.07, 6.45) is 1.23. The van der Waals surface area contributed by atoms with Crippen molar-refractivity contribution in [1.82, 2.24) is 4.31 Å². The lowest BCUT2D eigenvalue weighted by Crippen LogP contribution is -2.34. The van der Waals surface area contributed by atoms with E-state index in [4.69, 9.17) is 5.11 Å². The highest BCUT2D eigenvalue weighted by Gasteiger charge is 2.36. The van der Waals surface area contributed by atoms with Crippen LogP contribution in [-0.2, 0) is 10.0 Å². The smallest absolute Gasteiger partial charge is 0.244 e. The fraction of sp³-hybridized carbons (Fsp3) is 0.500. The molecule has 1 aliphatic heterocycles. The normalized spacial score (nSPS) is 22.8. The second-order valence-corrected chi connectivity index (χ2v) is 7.40. The van der Waals surface area contributed by atoms with E-state index in [0.29, 0.717) is 24.4 Å². The molecule has 0 amide bonds. The average Bonchev–Trinajstić information content (AvgIpc) is 2.79. The van der Waals surface area contributed by atoms with E-state index in [2.05, 4.69) is 18.8 Å². The van der Waals surface area contributed by atoms with Gasteiger partial charge in [-0.3, -0.25) is 0 Å². The Balaban J connectivity index is 2.40. The lowest BCUT2D eigenvalue weighted by atomic mass is 10.1. The van der Waals surface area contributed by atoms with Gasteiger partial charge in [0.2, 0.25) is 10.0 Å². The van der Waals surface area contributed by atoms with Crippen molar-refractivity contribution < 1.29 is 13.5 Å². The van der Waals surface area contributed by atoms with Crippen molar-refractivity contribution in [2.24, 2.45) is 5.92 Å². The molecule has 1 heterocycles. The van der Waals surface area contributed by atoms with Crippen LogP contribution in [0.15, 0.2) is 29.2 Å². The summed E-state index contributed by atoms with van der Waals surface area (Å²) in [5.41, 5.74) is 0.498. The van der Waals surface area contributed by atoms with Gasteiger partial charge in [0.1, 0.15) is 0 Å². The SMILES string of the molecule is CC1CC(C)N(S(=O)(=O)c2ccccc2C#CCCO)C1. The van der Waals surface area contributed by atoms with Gasteiger partial charge in [0.25, 0.3) is 0 Å². The van der Waals surface area contributed by atoms with Crippen LogP contribution in [0.2, 0.25) is 0 Å². The standard InChI is InChI=1S/C16H21NO3S/c1-13-11-14(2)17(12-13)21(19,20)16-9-4-3-7-15(16)8-5-6-10-18/h3-4,7,9,13-14,18H,6,10-12H2,1-2H3. The molecule has 0 radical (unpaired) electrons. The Morgan fingerprint density at radius 1 is 1.33 bits per heavy atom. The van der Waals surface area contributed by atoms with E-state index < -0.39 is 10.0 Å². The molecular formula is C16H21NO3S. The van der Waals surface area contributed by atoms with E-state index in [1.807, 2.05) is 6.92 Å². The number of hydrogen-bond acceptors (Lipinski definition) is 3. The summed E-state index contributed by atoms with van der Waals surface area (Å²) >= 11 is 0. The summed E-state index contributed by atoms with van der Waals surface area (Å²) in [4.78, 5) is 0.261. The molecule has 1 aromatic carbocycles. The predicted molar refractivity (Wildman–Crippen MR) is 82.2 cm³/mol. The molecular weight excluding hydrogens is 286 g/mol. The maximum atomic E-state index is 12.9.